The number of amides is 1. The van der Waals surface area contributed by atoms with E-state index in [0.29, 0.717) is 36.6 Å². The summed E-state index contributed by atoms with van der Waals surface area (Å²) in [6.45, 7) is 6.95. The summed E-state index contributed by atoms with van der Waals surface area (Å²) in [5, 5.41) is 22.2. The molecule has 2 aromatic rings. The van der Waals surface area contributed by atoms with E-state index < -0.39 is 0 Å². The molecule has 0 saturated heterocycles. The lowest BCUT2D eigenvalue weighted by molar-refractivity contribution is 0.0952. The number of pyridine rings is 1. The number of rotatable bonds is 7. The third-order valence-corrected chi connectivity index (χ3v) is 6.00. The number of fused-ring (bicyclic) bond motifs is 1. The van der Waals surface area contributed by atoms with Crippen LogP contribution >= 0.6 is 0 Å². The van der Waals surface area contributed by atoms with Crippen LogP contribution in [-0.2, 0) is 16.1 Å². The Kier molecular flexibility index (Phi) is 9.32. The van der Waals surface area contributed by atoms with Crippen molar-refractivity contribution in [1.29, 1.82) is 10.7 Å². The molecule has 7 heteroatoms. The third-order valence-electron chi connectivity index (χ3n) is 6.00. The van der Waals surface area contributed by atoms with Crippen molar-refractivity contribution >= 4 is 29.5 Å². The number of nitriles is 1. The average Bonchev–Trinajstić information content (AvgIpc) is 2.91. The minimum Gasteiger partial charge on any atom is -0.481 e. The van der Waals surface area contributed by atoms with Gasteiger partial charge in [-0.1, -0.05) is 37.3 Å². The van der Waals surface area contributed by atoms with Crippen LogP contribution in [0.1, 0.15) is 60.3 Å². The van der Waals surface area contributed by atoms with Crippen molar-refractivity contribution in [3.05, 3.63) is 81.0 Å². The first kappa shape index (κ1) is 26.6. The van der Waals surface area contributed by atoms with E-state index in [-0.39, 0.29) is 17.7 Å². The molecule has 1 aromatic heterocycles. The van der Waals surface area contributed by atoms with Gasteiger partial charge in [0.05, 0.1) is 48.9 Å². The fourth-order valence-electron chi connectivity index (χ4n) is 4.08. The van der Waals surface area contributed by atoms with Gasteiger partial charge in [-0.25, -0.2) is 4.98 Å². The van der Waals surface area contributed by atoms with E-state index in [1.54, 1.807) is 18.2 Å². The molecular formula is C29H32N4O3. The average molecular weight is 485 g/mol. The number of nitrogens with zero attached hydrogens (tertiary/aromatic N) is 2. The van der Waals surface area contributed by atoms with Gasteiger partial charge in [0, 0.05) is 12.1 Å². The zero-order valence-electron chi connectivity index (χ0n) is 21.2. The van der Waals surface area contributed by atoms with Crippen LogP contribution in [0.4, 0.5) is 0 Å². The Morgan fingerprint density at radius 1 is 1.33 bits per heavy atom. The number of carbonyl (C=O) groups excluding carboxylic acids is 1. The zero-order chi connectivity index (χ0) is 26.1. The molecule has 2 heterocycles. The number of methoxy groups -OCH3 is 1. The number of hydrogen-bond acceptors (Lipinski definition) is 6. The summed E-state index contributed by atoms with van der Waals surface area (Å²) in [5.74, 6) is -0.518. The maximum atomic E-state index is 13.0. The normalized spacial score (nSPS) is 16.8. The van der Waals surface area contributed by atoms with Crippen LogP contribution < -0.4 is 15.9 Å². The third kappa shape index (κ3) is 6.15. The molecule has 0 radical (unpaired) electrons. The molecule has 1 aliphatic heterocycles. The Bertz CT molecular complexity index is 1370. The van der Waals surface area contributed by atoms with Crippen molar-refractivity contribution in [3.8, 4) is 6.07 Å². The molecule has 1 unspecified atom stereocenters. The molecular weight excluding hydrogens is 452 g/mol. The maximum absolute atomic E-state index is 13.0. The predicted octanol–water partition coefficient (Wildman–Crippen LogP) is 3.59. The summed E-state index contributed by atoms with van der Waals surface area (Å²) in [4.78, 5) is 17.8. The van der Waals surface area contributed by atoms with Crippen molar-refractivity contribution in [2.75, 3.05) is 20.3 Å². The highest BCUT2D eigenvalue weighted by Crippen LogP contribution is 2.27. The van der Waals surface area contributed by atoms with E-state index in [2.05, 4.69) is 17.5 Å². The van der Waals surface area contributed by atoms with Crippen molar-refractivity contribution in [1.82, 2.24) is 10.3 Å². The maximum Gasteiger partial charge on any atom is 0.251 e. The number of aromatic nitrogens is 1. The van der Waals surface area contributed by atoms with Crippen LogP contribution in [0.2, 0.25) is 0 Å². The number of allylic oxidation sites excluding steroid dienone is 2. The monoisotopic (exact) mass is 484 g/mol. The topological polar surface area (TPSA) is 108 Å². The number of nitrogens with one attached hydrogen (secondary N) is 2. The lowest BCUT2D eigenvalue weighted by Gasteiger charge is -2.21. The lowest BCUT2D eigenvalue weighted by atomic mass is 9.92. The molecule has 1 aliphatic rings. The molecule has 3 rings (SSSR count). The second-order valence-corrected chi connectivity index (χ2v) is 8.32. The van der Waals surface area contributed by atoms with Crippen LogP contribution in [0.25, 0.3) is 17.7 Å². The van der Waals surface area contributed by atoms with E-state index in [1.807, 2.05) is 51.1 Å². The van der Waals surface area contributed by atoms with Gasteiger partial charge in [0.25, 0.3) is 5.91 Å². The van der Waals surface area contributed by atoms with Crippen LogP contribution in [0.3, 0.4) is 0 Å². The summed E-state index contributed by atoms with van der Waals surface area (Å²) in [5.41, 5.74) is 4.50. The standard InChI is InChI=1S/C29H32N4O3/c1-5-8-19(13-27-20(6-2)11-12-26(33-27)24(7-3)28(31)35-4)16-32-29(34)21-9-10-22-17-36-18-23(15-30)25(22)14-21/h6-14,23,31H,5,16-18H2,1-4H3,(H,32,34)/b19-8-,20-6-,24-7-,27-13+,31-28?. The Morgan fingerprint density at radius 3 is 2.81 bits per heavy atom. The molecule has 1 atom stereocenters. The van der Waals surface area contributed by atoms with Gasteiger partial charge in [0.15, 0.2) is 0 Å². The van der Waals surface area contributed by atoms with Gasteiger partial charge in [-0.2, -0.15) is 5.26 Å². The minimum absolute atomic E-state index is 0.0519. The largest absolute Gasteiger partial charge is 0.481 e. The van der Waals surface area contributed by atoms with Crippen LogP contribution in [0.5, 0.6) is 0 Å². The minimum atomic E-state index is -0.367. The molecule has 0 fully saturated rings. The van der Waals surface area contributed by atoms with E-state index in [9.17, 15) is 10.1 Å². The molecule has 2 N–H and O–H groups in total. The van der Waals surface area contributed by atoms with Crippen LogP contribution in [0, 0.1) is 16.7 Å². The summed E-state index contributed by atoms with van der Waals surface area (Å²) in [6, 6.07) is 11.5. The molecule has 1 amide bonds. The Balaban J connectivity index is 1.88. The summed E-state index contributed by atoms with van der Waals surface area (Å²) >= 11 is 0. The highest BCUT2D eigenvalue weighted by atomic mass is 16.5. The summed E-state index contributed by atoms with van der Waals surface area (Å²) in [6.07, 6.45) is 8.59. The smallest absolute Gasteiger partial charge is 0.251 e. The lowest BCUT2D eigenvalue weighted by Crippen LogP contribution is -2.31. The number of hydrogen-bond donors (Lipinski definition) is 2. The van der Waals surface area contributed by atoms with Crippen molar-refractivity contribution < 1.29 is 14.3 Å². The van der Waals surface area contributed by atoms with E-state index in [4.69, 9.17) is 19.9 Å². The number of carbonyl (C=O) groups is 1. The van der Waals surface area contributed by atoms with Crippen LogP contribution in [0.15, 0.2) is 48.1 Å². The van der Waals surface area contributed by atoms with Crippen molar-refractivity contribution in [3.63, 3.8) is 0 Å². The molecule has 36 heavy (non-hydrogen) atoms. The van der Waals surface area contributed by atoms with Gasteiger partial charge in [0.1, 0.15) is 0 Å². The molecule has 0 aliphatic carbocycles. The van der Waals surface area contributed by atoms with E-state index in [0.717, 1.165) is 33.7 Å². The SMILES string of the molecule is C/C=C(\C(=N)OC)c1ccc(=C/C)/c(=C\C(=C\CC)CNC(=O)c2ccc3c(c2)C(C#N)COC3)n1. The van der Waals surface area contributed by atoms with Gasteiger partial charge in [-0.05, 0) is 66.5 Å². The fourth-order valence-corrected chi connectivity index (χ4v) is 4.08. The zero-order valence-corrected chi connectivity index (χ0v) is 21.2. The highest BCUT2D eigenvalue weighted by Gasteiger charge is 2.22. The van der Waals surface area contributed by atoms with Crippen molar-refractivity contribution in [2.45, 2.75) is 39.7 Å². The van der Waals surface area contributed by atoms with E-state index in [1.165, 1.54) is 7.11 Å². The predicted molar refractivity (Wildman–Crippen MR) is 142 cm³/mol. The summed E-state index contributed by atoms with van der Waals surface area (Å²) < 4.78 is 10.6. The van der Waals surface area contributed by atoms with Gasteiger partial charge in [0.2, 0.25) is 5.90 Å². The first-order valence-electron chi connectivity index (χ1n) is 12.0. The van der Waals surface area contributed by atoms with Gasteiger partial charge < -0.3 is 14.8 Å². The Labute approximate surface area is 212 Å². The summed E-state index contributed by atoms with van der Waals surface area (Å²) in [7, 11) is 1.47. The molecule has 0 bridgehead atoms. The quantitative estimate of drug-likeness (QED) is 0.461. The first-order chi connectivity index (χ1) is 17.4. The van der Waals surface area contributed by atoms with Gasteiger partial charge >= 0.3 is 0 Å². The van der Waals surface area contributed by atoms with Crippen LogP contribution in [-0.4, -0.2) is 37.1 Å². The van der Waals surface area contributed by atoms with Gasteiger partial charge in [-0.15, -0.1) is 0 Å². The molecule has 1 aromatic carbocycles. The highest BCUT2D eigenvalue weighted by molar-refractivity contribution is 6.17. The second-order valence-electron chi connectivity index (χ2n) is 8.32. The van der Waals surface area contributed by atoms with E-state index >= 15 is 0 Å². The first-order valence-corrected chi connectivity index (χ1v) is 12.0. The molecule has 0 spiro atoms. The van der Waals surface area contributed by atoms with Gasteiger partial charge in [-0.3, -0.25) is 10.2 Å². The van der Waals surface area contributed by atoms with Crippen molar-refractivity contribution in [2.24, 2.45) is 0 Å². The molecule has 0 saturated carbocycles. The second kappa shape index (κ2) is 12.6. The number of benzene rings is 1. The Hall–Kier alpha value is -4.02. The fraction of sp³-hybridized carbons (Fsp3) is 0.310. The number of ether oxygens (including phenoxy) is 2. The Morgan fingerprint density at radius 2 is 2.14 bits per heavy atom. The molecule has 186 valence electrons. The molecule has 7 nitrogen and oxygen atoms in total.